The van der Waals surface area contributed by atoms with Crippen molar-refractivity contribution in [2.75, 3.05) is 6.61 Å². The first-order chi connectivity index (χ1) is 6.27. The zero-order chi connectivity index (χ0) is 9.10. The molecule has 0 aromatic carbocycles. The summed E-state index contributed by atoms with van der Waals surface area (Å²) < 4.78 is 0. The molecule has 0 aromatic rings. The third-order valence-electron chi connectivity index (χ3n) is 4.93. The Kier molecular flexibility index (Phi) is 1.33. The smallest absolute Gasteiger partial charge is 0.137 e. The maximum atomic E-state index is 11.6. The van der Waals surface area contributed by atoms with Gasteiger partial charge in [0.25, 0.3) is 0 Å². The summed E-state index contributed by atoms with van der Waals surface area (Å²) in [7, 11) is 0. The van der Waals surface area contributed by atoms with Crippen LogP contribution in [0.25, 0.3) is 0 Å². The van der Waals surface area contributed by atoms with E-state index in [1.807, 2.05) is 0 Å². The maximum Gasteiger partial charge on any atom is 0.137 e. The summed E-state index contributed by atoms with van der Waals surface area (Å²) in [4.78, 5) is 11.6. The van der Waals surface area contributed by atoms with Crippen molar-refractivity contribution >= 4 is 5.78 Å². The number of hydrogen-bond donors (Lipinski definition) is 1. The first-order valence-corrected chi connectivity index (χ1v) is 5.40. The summed E-state index contributed by atoms with van der Waals surface area (Å²) in [6.07, 6.45) is 6.63. The van der Waals surface area contributed by atoms with Crippen LogP contribution in [0.15, 0.2) is 0 Å². The number of hydrogen-bond acceptors (Lipinski definition) is 2. The topological polar surface area (TPSA) is 37.3 Å². The molecule has 1 N–H and O–H groups in total. The minimum atomic E-state index is 0.0561. The van der Waals surface area contributed by atoms with Gasteiger partial charge in [0.15, 0.2) is 0 Å². The van der Waals surface area contributed by atoms with Gasteiger partial charge in [0.1, 0.15) is 5.78 Å². The van der Waals surface area contributed by atoms with Gasteiger partial charge >= 0.3 is 0 Å². The molecule has 3 fully saturated rings. The molecule has 3 atom stereocenters. The normalized spacial score (nSPS) is 53.0. The molecule has 0 heterocycles. The van der Waals surface area contributed by atoms with Gasteiger partial charge < -0.3 is 5.11 Å². The first kappa shape index (κ1) is 7.98. The highest BCUT2D eigenvalue weighted by Crippen LogP contribution is 2.80. The fourth-order valence-corrected chi connectivity index (χ4v) is 4.36. The number of Topliss-reactive ketones (excluding diaryl/α,β-unsaturated/α-hetero) is 1. The van der Waals surface area contributed by atoms with Crippen molar-refractivity contribution in [3.63, 3.8) is 0 Å². The van der Waals surface area contributed by atoms with E-state index in [0.29, 0.717) is 5.78 Å². The Balaban J connectivity index is 2.00. The molecule has 0 aliphatic heterocycles. The van der Waals surface area contributed by atoms with Gasteiger partial charge in [-0.25, -0.2) is 0 Å². The summed E-state index contributed by atoms with van der Waals surface area (Å²) in [5, 5.41) is 9.46. The molecule has 13 heavy (non-hydrogen) atoms. The lowest BCUT2D eigenvalue weighted by atomic mass is 9.77. The summed E-state index contributed by atoms with van der Waals surface area (Å²) in [5.74, 6) is 0.698. The molecule has 0 amide bonds. The van der Waals surface area contributed by atoms with Gasteiger partial charge in [-0.2, -0.15) is 0 Å². The fraction of sp³-hybridized carbons (Fsp3) is 0.909. The Morgan fingerprint density at radius 3 is 2.77 bits per heavy atom. The molecule has 0 radical (unpaired) electrons. The van der Waals surface area contributed by atoms with E-state index in [1.165, 1.54) is 19.3 Å². The number of aliphatic hydroxyl groups excluding tert-OH is 1. The SMILES string of the molecule is O=C1CCC23CCCCC2(CO)C13. The van der Waals surface area contributed by atoms with Crippen LogP contribution in [0.2, 0.25) is 0 Å². The monoisotopic (exact) mass is 180 g/mol. The van der Waals surface area contributed by atoms with E-state index < -0.39 is 0 Å². The third-order valence-corrected chi connectivity index (χ3v) is 4.93. The number of aliphatic hydroxyl groups is 1. The molecule has 1 spiro atoms. The average molecular weight is 180 g/mol. The molecule has 3 saturated carbocycles. The number of fused-ring (bicyclic) bond motifs is 1. The summed E-state index contributed by atoms with van der Waals surface area (Å²) in [6, 6.07) is 0. The van der Waals surface area contributed by atoms with E-state index in [0.717, 1.165) is 19.3 Å². The third kappa shape index (κ3) is 0.653. The van der Waals surface area contributed by atoms with Crippen molar-refractivity contribution in [1.29, 1.82) is 0 Å². The second kappa shape index (κ2) is 2.17. The first-order valence-electron chi connectivity index (χ1n) is 5.40. The van der Waals surface area contributed by atoms with Crippen LogP contribution in [0.3, 0.4) is 0 Å². The molecule has 2 nitrogen and oxygen atoms in total. The highest BCUT2D eigenvalue weighted by molar-refractivity contribution is 5.90. The van der Waals surface area contributed by atoms with E-state index in [2.05, 4.69) is 0 Å². The quantitative estimate of drug-likeness (QED) is 0.664. The summed E-state index contributed by atoms with van der Waals surface area (Å²) in [5.41, 5.74) is 0.331. The van der Waals surface area contributed by atoms with Crippen molar-refractivity contribution in [2.45, 2.75) is 38.5 Å². The Bertz CT molecular complexity index is 261. The van der Waals surface area contributed by atoms with Crippen LogP contribution in [0, 0.1) is 16.7 Å². The number of carbonyl (C=O) groups excluding carboxylic acids is 1. The van der Waals surface area contributed by atoms with E-state index in [1.54, 1.807) is 0 Å². The van der Waals surface area contributed by atoms with Crippen molar-refractivity contribution in [2.24, 2.45) is 16.7 Å². The minimum Gasteiger partial charge on any atom is -0.396 e. The fourth-order valence-electron chi connectivity index (χ4n) is 4.36. The molecule has 0 saturated heterocycles. The molecule has 0 bridgehead atoms. The predicted octanol–water partition coefficient (Wildman–Crippen LogP) is 1.52. The van der Waals surface area contributed by atoms with Crippen LogP contribution in [0.5, 0.6) is 0 Å². The molecule has 3 rings (SSSR count). The van der Waals surface area contributed by atoms with Gasteiger partial charge in [-0.1, -0.05) is 12.8 Å². The molecule has 72 valence electrons. The van der Waals surface area contributed by atoms with Gasteiger partial charge in [0.05, 0.1) is 0 Å². The van der Waals surface area contributed by atoms with Crippen molar-refractivity contribution in [3.8, 4) is 0 Å². The van der Waals surface area contributed by atoms with Crippen LogP contribution in [-0.4, -0.2) is 17.5 Å². The van der Waals surface area contributed by atoms with Crippen LogP contribution < -0.4 is 0 Å². The van der Waals surface area contributed by atoms with Crippen LogP contribution in [0.1, 0.15) is 38.5 Å². The minimum absolute atomic E-state index is 0.0561. The Hall–Kier alpha value is -0.370. The van der Waals surface area contributed by atoms with E-state index in [-0.39, 0.29) is 23.4 Å². The molecule has 3 aliphatic rings. The van der Waals surface area contributed by atoms with Crippen LogP contribution in [0.4, 0.5) is 0 Å². The zero-order valence-corrected chi connectivity index (χ0v) is 7.88. The van der Waals surface area contributed by atoms with Crippen LogP contribution in [-0.2, 0) is 4.79 Å². The van der Waals surface area contributed by atoms with Gasteiger partial charge in [-0.05, 0) is 24.7 Å². The van der Waals surface area contributed by atoms with E-state index >= 15 is 0 Å². The molecular weight excluding hydrogens is 164 g/mol. The van der Waals surface area contributed by atoms with Crippen molar-refractivity contribution in [1.82, 2.24) is 0 Å². The lowest BCUT2D eigenvalue weighted by Gasteiger charge is -2.28. The molecule has 2 heteroatoms. The summed E-state index contributed by atoms with van der Waals surface area (Å²) >= 11 is 0. The second-order valence-corrected chi connectivity index (χ2v) is 5.08. The molecule has 3 unspecified atom stereocenters. The average Bonchev–Trinajstić information content (AvgIpc) is 2.66. The standard InChI is InChI=1S/C11H16O2/c12-7-11-5-2-1-4-10(11)6-3-8(13)9(10)11/h9,12H,1-7H2. The Labute approximate surface area is 78.3 Å². The zero-order valence-electron chi connectivity index (χ0n) is 7.88. The maximum absolute atomic E-state index is 11.6. The highest BCUT2D eigenvalue weighted by Gasteiger charge is 2.80. The van der Waals surface area contributed by atoms with E-state index in [9.17, 15) is 9.90 Å². The number of rotatable bonds is 1. The van der Waals surface area contributed by atoms with Crippen molar-refractivity contribution in [3.05, 3.63) is 0 Å². The van der Waals surface area contributed by atoms with E-state index in [4.69, 9.17) is 0 Å². The van der Waals surface area contributed by atoms with Gasteiger partial charge in [-0.3, -0.25) is 4.79 Å². The molecule has 0 aromatic heterocycles. The lowest BCUT2D eigenvalue weighted by Crippen LogP contribution is -2.24. The molecule has 3 aliphatic carbocycles. The highest BCUT2D eigenvalue weighted by atomic mass is 16.3. The number of ketones is 1. The van der Waals surface area contributed by atoms with Gasteiger partial charge in [0, 0.05) is 24.4 Å². The number of carbonyl (C=O) groups is 1. The second-order valence-electron chi connectivity index (χ2n) is 5.08. The van der Waals surface area contributed by atoms with Crippen molar-refractivity contribution < 1.29 is 9.90 Å². The lowest BCUT2D eigenvalue weighted by molar-refractivity contribution is -0.120. The predicted molar refractivity (Wildman–Crippen MR) is 48.2 cm³/mol. The Morgan fingerprint density at radius 2 is 2.08 bits per heavy atom. The summed E-state index contributed by atoms with van der Waals surface area (Å²) in [6.45, 7) is 0.253. The Morgan fingerprint density at radius 1 is 1.31 bits per heavy atom. The molecular formula is C11H16O2. The van der Waals surface area contributed by atoms with Crippen LogP contribution >= 0.6 is 0 Å². The van der Waals surface area contributed by atoms with Gasteiger partial charge in [-0.15, -0.1) is 0 Å². The largest absolute Gasteiger partial charge is 0.396 e. The van der Waals surface area contributed by atoms with Gasteiger partial charge in [0.2, 0.25) is 0 Å².